The number of nitrogens with zero attached hydrogens (tertiary/aromatic N) is 2. The van der Waals surface area contributed by atoms with E-state index in [1.807, 2.05) is 60.8 Å². The topological polar surface area (TPSA) is 83.2 Å². The lowest BCUT2D eigenvalue weighted by Crippen LogP contribution is -2.07. The van der Waals surface area contributed by atoms with Crippen molar-refractivity contribution in [1.29, 1.82) is 0 Å². The van der Waals surface area contributed by atoms with E-state index in [0.29, 0.717) is 40.7 Å². The maximum absolute atomic E-state index is 11.8. The van der Waals surface area contributed by atoms with E-state index in [-0.39, 0.29) is 12.4 Å². The number of carbonyl (C=O) groups is 1. The Bertz CT molecular complexity index is 1320. The maximum Gasteiger partial charge on any atom is 0.311 e. The molecule has 170 valence electrons. The average Bonchev–Trinajstić information content (AvgIpc) is 3.26. The minimum absolute atomic E-state index is 0.121. The normalized spacial score (nSPS) is 11.5. The molecule has 4 aromatic rings. The van der Waals surface area contributed by atoms with Gasteiger partial charge in [0.1, 0.15) is 22.8 Å². The van der Waals surface area contributed by atoms with Gasteiger partial charge >= 0.3 is 5.97 Å². The molecular formula is C25H24N2O5S. The van der Waals surface area contributed by atoms with Crippen molar-refractivity contribution in [2.45, 2.75) is 20.3 Å². The lowest BCUT2D eigenvalue weighted by Gasteiger charge is -2.08. The number of carbonyl (C=O) groups excluding carboxylic acids is 1. The van der Waals surface area contributed by atoms with E-state index < -0.39 is 0 Å². The third-order valence-electron chi connectivity index (χ3n) is 4.79. The quantitative estimate of drug-likeness (QED) is 0.329. The average molecular weight is 465 g/mol. The second-order valence-corrected chi connectivity index (χ2v) is 7.87. The maximum atomic E-state index is 11.8. The van der Waals surface area contributed by atoms with Crippen LogP contribution in [0, 0.1) is 0 Å². The molecule has 0 radical (unpaired) electrons. The molecule has 0 saturated carbocycles. The molecule has 4 rings (SSSR count). The molecule has 0 amide bonds. The van der Waals surface area contributed by atoms with Crippen molar-refractivity contribution in [3.05, 3.63) is 65.0 Å². The third-order valence-corrected chi connectivity index (χ3v) is 5.57. The van der Waals surface area contributed by atoms with E-state index in [1.54, 1.807) is 14.0 Å². The lowest BCUT2D eigenvalue weighted by atomic mass is 10.1. The number of benzene rings is 2. The summed E-state index contributed by atoms with van der Waals surface area (Å²) in [5.41, 5.74) is 2.20. The van der Waals surface area contributed by atoms with E-state index in [9.17, 15) is 4.79 Å². The molecule has 0 fully saturated rings. The molecule has 2 aromatic heterocycles. The van der Waals surface area contributed by atoms with Crippen LogP contribution >= 0.6 is 11.3 Å². The van der Waals surface area contributed by atoms with Gasteiger partial charge in [-0.05, 0) is 56.3 Å². The summed E-state index contributed by atoms with van der Waals surface area (Å²) in [7, 11) is 1.63. The molecule has 0 spiro atoms. The highest BCUT2D eigenvalue weighted by Gasteiger charge is 2.11. The molecule has 2 aromatic carbocycles. The second kappa shape index (κ2) is 10.3. The Kier molecular flexibility index (Phi) is 7.04. The van der Waals surface area contributed by atoms with Gasteiger partial charge in [0.2, 0.25) is 5.13 Å². The highest BCUT2D eigenvalue weighted by molar-refractivity contribution is 7.13. The third kappa shape index (κ3) is 5.40. The smallest absolute Gasteiger partial charge is 0.311 e. The molecule has 0 aliphatic heterocycles. The van der Waals surface area contributed by atoms with Gasteiger partial charge in [0.05, 0.1) is 37.8 Å². The van der Waals surface area contributed by atoms with E-state index in [4.69, 9.17) is 23.6 Å². The van der Waals surface area contributed by atoms with Crippen molar-refractivity contribution >= 4 is 33.4 Å². The molecule has 7 nitrogen and oxygen atoms in total. The van der Waals surface area contributed by atoms with Gasteiger partial charge in [-0.2, -0.15) is 0 Å². The van der Waals surface area contributed by atoms with E-state index in [2.05, 4.69) is 4.98 Å². The summed E-state index contributed by atoms with van der Waals surface area (Å²) in [4.78, 5) is 21.0. The summed E-state index contributed by atoms with van der Waals surface area (Å²) in [6.45, 7) is 4.62. The van der Waals surface area contributed by atoms with Crippen LogP contribution in [0.5, 0.6) is 11.5 Å². The first kappa shape index (κ1) is 22.5. The fourth-order valence-corrected chi connectivity index (χ4v) is 3.98. The van der Waals surface area contributed by atoms with Gasteiger partial charge < -0.3 is 18.6 Å². The Morgan fingerprint density at radius 3 is 2.58 bits per heavy atom. The van der Waals surface area contributed by atoms with Gasteiger partial charge in [-0.3, -0.25) is 4.79 Å². The Balaban J connectivity index is 1.80. The number of aromatic nitrogens is 1. The van der Waals surface area contributed by atoms with E-state index in [0.717, 1.165) is 22.4 Å². The number of methoxy groups -OCH3 is 1. The molecule has 0 N–H and O–H groups in total. The number of esters is 1. The first-order chi connectivity index (χ1) is 16.1. The van der Waals surface area contributed by atoms with Crippen molar-refractivity contribution in [3.8, 4) is 22.8 Å². The predicted octanol–water partition coefficient (Wildman–Crippen LogP) is 5.30. The van der Waals surface area contributed by atoms with Crippen LogP contribution < -0.4 is 14.8 Å². The summed E-state index contributed by atoms with van der Waals surface area (Å²) in [5.74, 6) is 1.86. The molecule has 0 aliphatic carbocycles. The van der Waals surface area contributed by atoms with Crippen LogP contribution in [0.25, 0.3) is 22.3 Å². The molecule has 0 unspecified atom stereocenters. The Labute approximate surface area is 195 Å². The molecule has 0 saturated heterocycles. The fourth-order valence-electron chi connectivity index (χ4n) is 3.29. The van der Waals surface area contributed by atoms with Gasteiger partial charge in [-0.1, -0.05) is 0 Å². The summed E-state index contributed by atoms with van der Waals surface area (Å²) in [6.07, 6.45) is 0.121. The molecule has 33 heavy (non-hydrogen) atoms. The van der Waals surface area contributed by atoms with Crippen LogP contribution in [0.4, 0.5) is 5.13 Å². The van der Waals surface area contributed by atoms with Crippen molar-refractivity contribution < 1.29 is 23.4 Å². The van der Waals surface area contributed by atoms with E-state index >= 15 is 0 Å². The molecule has 0 aliphatic rings. The molecule has 0 atom stereocenters. The summed E-state index contributed by atoms with van der Waals surface area (Å²) < 4.78 is 22.1. The second-order valence-electron chi connectivity index (χ2n) is 7.03. The van der Waals surface area contributed by atoms with Crippen molar-refractivity contribution in [3.63, 3.8) is 0 Å². The largest absolute Gasteiger partial charge is 0.497 e. The van der Waals surface area contributed by atoms with Crippen LogP contribution in [0.1, 0.15) is 19.5 Å². The Morgan fingerprint density at radius 1 is 1.06 bits per heavy atom. The molecule has 8 heteroatoms. The molecule has 2 heterocycles. The minimum atomic E-state index is -0.304. The van der Waals surface area contributed by atoms with Gasteiger partial charge in [0, 0.05) is 22.4 Å². The first-order valence-corrected chi connectivity index (χ1v) is 11.5. The Hall–Kier alpha value is -3.65. The van der Waals surface area contributed by atoms with Crippen molar-refractivity contribution in [2.24, 2.45) is 4.99 Å². The highest BCUT2D eigenvalue weighted by atomic mass is 32.1. The number of hydrogen-bond acceptors (Lipinski definition) is 8. The van der Waals surface area contributed by atoms with Crippen LogP contribution in [0.15, 0.2) is 63.3 Å². The summed E-state index contributed by atoms with van der Waals surface area (Å²) in [6, 6.07) is 15.2. The SMILES string of the molecule is CCOC(=O)Cc1csc(N=c2cc(-c3ccc(OC)cc3)oc3ccc(OCC)cc23)n1. The number of hydrogen-bond donors (Lipinski definition) is 0. The van der Waals surface area contributed by atoms with Crippen molar-refractivity contribution in [1.82, 2.24) is 4.98 Å². The number of rotatable bonds is 8. The fraction of sp³-hybridized carbons (Fsp3) is 0.240. The zero-order chi connectivity index (χ0) is 23.2. The zero-order valence-corrected chi connectivity index (χ0v) is 19.5. The molecule has 0 bridgehead atoms. The molecular weight excluding hydrogens is 440 g/mol. The van der Waals surface area contributed by atoms with Gasteiger partial charge in [0.15, 0.2) is 0 Å². The highest BCUT2D eigenvalue weighted by Crippen LogP contribution is 2.27. The summed E-state index contributed by atoms with van der Waals surface area (Å²) >= 11 is 1.37. The van der Waals surface area contributed by atoms with Crippen LogP contribution in [-0.2, 0) is 16.0 Å². The minimum Gasteiger partial charge on any atom is -0.497 e. The van der Waals surface area contributed by atoms with E-state index in [1.165, 1.54) is 11.3 Å². The summed E-state index contributed by atoms with van der Waals surface area (Å²) in [5, 5.41) is 3.87. The van der Waals surface area contributed by atoms with Gasteiger partial charge in [-0.25, -0.2) is 9.98 Å². The number of ether oxygens (including phenoxy) is 3. The number of fused-ring (bicyclic) bond motifs is 1. The van der Waals surface area contributed by atoms with Crippen LogP contribution in [0.2, 0.25) is 0 Å². The monoisotopic (exact) mass is 464 g/mol. The number of thiazole rings is 1. The first-order valence-electron chi connectivity index (χ1n) is 10.6. The van der Waals surface area contributed by atoms with Gasteiger partial charge in [0.25, 0.3) is 0 Å². The predicted molar refractivity (Wildman–Crippen MR) is 127 cm³/mol. The van der Waals surface area contributed by atoms with Crippen LogP contribution in [-0.4, -0.2) is 31.3 Å². The standard InChI is InChI=1S/C25H24N2O5S/c1-4-30-19-10-11-22-20(13-19)21(14-23(32-22)16-6-8-18(29-3)9-7-16)27-25-26-17(15-33-25)12-24(28)31-5-2/h6-11,13-15H,4-5,12H2,1-3H3. The van der Waals surface area contributed by atoms with Gasteiger partial charge in [-0.15, -0.1) is 11.3 Å². The van der Waals surface area contributed by atoms with Crippen molar-refractivity contribution in [2.75, 3.05) is 20.3 Å². The Morgan fingerprint density at radius 2 is 1.85 bits per heavy atom. The zero-order valence-electron chi connectivity index (χ0n) is 18.7. The van der Waals surface area contributed by atoms with Crippen LogP contribution in [0.3, 0.4) is 0 Å². The lowest BCUT2D eigenvalue weighted by molar-refractivity contribution is -0.142.